The first-order chi connectivity index (χ1) is 10.6. The molecular formula is C15H18N4O3. The number of rotatable bonds is 2. The van der Waals surface area contributed by atoms with Crippen molar-refractivity contribution in [2.45, 2.75) is 37.6 Å². The summed E-state index contributed by atoms with van der Waals surface area (Å²) in [6, 6.07) is 7.62. The molecule has 0 bridgehead atoms. The van der Waals surface area contributed by atoms with E-state index < -0.39 is 17.6 Å². The molecule has 0 atom stereocenters. The minimum atomic E-state index is -0.838. The fourth-order valence-electron chi connectivity index (χ4n) is 3.00. The number of hydrazine groups is 1. The Kier molecular flexibility index (Phi) is 3.70. The predicted octanol–water partition coefficient (Wildman–Crippen LogP) is 1.98. The molecule has 0 unspecified atom stereocenters. The van der Waals surface area contributed by atoms with Crippen molar-refractivity contribution in [3.05, 3.63) is 30.3 Å². The Morgan fingerprint density at radius 1 is 1.09 bits per heavy atom. The van der Waals surface area contributed by atoms with Crippen LogP contribution < -0.4 is 16.1 Å². The molecule has 7 nitrogen and oxygen atoms in total. The predicted molar refractivity (Wildman–Crippen MR) is 79.8 cm³/mol. The van der Waals surface area contributed by atoms with Gasteiger partial charge in [-0.1, -0.05) is 37.5 Å². The first-order valence-electron chi connectivity index (χ1n) is 7.40. The number of urea groups is 2. The molecule has 1 saturated heterocycles. The highest BCUT2D eigenvalue weighted by atomic mass is 16.2. The minimum absolute atomic E-state index is 0.375. The van der Waals surface area contributed by atoms with E-state index in [1.165, 1.54) is 0 Å². The van der Waals surface area contributed by atoms with Gasteiger partial charge in [0, 0.05) is 5.69 Å². The molecule has 1 aromatic carbocycles. The maximum absolute atomic E-state index is 12.5. The van der Waals surface area contributed by atoms with Crippen molar-refractivity contribution in [2.24, 2.45) is 0 Å². The lowest BCUT2D eigenvalue weighted by atomic mass is 9.82. The SMILES string of the molecule is O=C(Nc1ccccc1)NN1C(=O)NC2(CCCCC2)C1=O. The van der Waals surface area contributed by atoms with Gasteiger partial charge in [-0.15, -0.1) is 0 Å². The number of hydrogen-bond acceptors (Lipinski definition) is 3. The van der Waals surface area contributed by atoms with Crippen molar-refractivity contribution < 1.29 is 14.4 Å². The zero-order chi connectivity index (χ0) is 15.6. The first-order valence-corrected chi connectivity index (χ1v) is 7.40. The second-order valence-electron chi connectivity index (χ2n) is 5.65. The van der Waals surface area contributed by atoms with Crippen molar-refractivity contribution in [1.82, 2.24) is 15.8 Å². The molecule has 7 heteroatoms. The quantitative estimate of drug-likeness (QED) is 0.730. The second kappa shape index (κ2) is 5.67. The third-order valence-electron chi connectivity index (χ3n) is 4.11. The topological polar surface area (TPSA) is 90.5 Å². The van der Waals surface area contributed by atoms with Gasteiger partial charge in [-0.25, -0.2) is 15.0 Å². The standard InChI is InChI=1S/C15H18N4O3/c20-12-15(9-5-2-6-10-15)17-14(22)19(12)18-13(21)16-11-7-3-1-4-8-11/h1,3-4,7-8H,2,5-6,9-10H2,(H,17,22)(H2,16,18,21). The van der Waals surface area contributed by atoms with Crippen LogP contribution in [0.15, 0.2) is 30.3 Å². The summed E-state index contributed by atoms with van der Waals surface area (Å²) >= 11 is 0. The number of anilines is 1. The molecule has 3 N–H and O–H groups in total. The average Bonchev–Trinajstić information content (AvgIpc) is 2.73. The van der Waals surface area contributed by atoms with Gasteiger partial charge >= 0.3 is 12.1 Å². The maximum Gasteiger partial charge on any atom is 0.344 e. The van der Waals surface area contributed by atoms with Gasteiger partial charge in [-0.3, -0.25) is 4.79 Å². The minimum Gasteiger partial charge on any atom is -0.322 e. The van der Waals surface area contributed by atoms with Crippen LogP contribution in [0, 0.1) is 0 Å². The number of carbonyl (C=O) groups is 3. The largest absolute Gasteiger partial charge is 0.344 e. The van der Waals surface area contributed by atoms with Crippen LogP contribution in [-0.4, -0.2) is 28.5 Å². The van der Waals surface area contributed by atoms with E-state index in [9.17, 15) is 14.4 Å². The van der Waals surface area contributed by atoms with Crippen LogP contribution in [-0.2, 0) is 4.79 Å². The van der Waals surface area contributed by atoms with Crippen LogP contribution in [0.1, 0.15) is 32.1 Å². The highest BCUT2D eigenvalue weighted by Gasteiger charge is 2.52. The van der Waals surface area contributed by atoms with E-state index in [-0.39, 0.29) is 5.91 Å². The monoisotopic (exact) mass is 302 g/mol. The molecule has 116 valence electrons. The maximum atomic E-state index is 12.5. The summed E-state index contributed by atoms with van der Waals surface area (Å²) in [7, 11) is 0. The molecule has 1 aliphatic heterocycles. The summed E-state index contributed by atoms with van der Waals surface area (Å²) in [5, 5.41) is 6.09. The van der Waals surface area contributed by atoms with Crippen molar-refractivity contribution >= 4 is 23.7 Å². The number of imide groups is 1. The Morgan fingerprint density at radius 3 is 2.45 bits per heavy atom. The zero-order valence-corrected chi connectivity index (χ0v) is 12.1. The molecule has 22 heavy (non-hydrogen) atoms. The van der Waals surface area contributed by atoms with Crippen molar-refractivity contribution in [3.8, 4) is 0 Å². The van der Waals surface area contributed by atoms with Crippen LogP contribution in [0.5, 0.6) is 0 Å². The lowest BCUT2D eigenvalue weighted by Crippen LogP contribution is -2.51. The number of nitrogens with one attached hydrogen (secondary N) is 3. The van der Waals surface area contributed by atoms with E-state index in [0.29, 0.717) is 18.5 Å². The summed E-state index contributed by atoms with van der Waals surface area (Å²) < 4.78 is 0. The Hall–Kier alpha value is -2.57. The Balaban J connectivity index is 1.66. The number of carbonyl (C=O) groups excluding carboxylic acids is 3. The Labute approximate surface area is 128 Å². The van der Waals surface area contributed by atoms with Gasteiger partial charge in [0.15, 0.2) is 0 Å². The fraction of sp³-hybridized carbons (Fsp3) is 0.400. The van der Waals surface area contributed by atoms with E-state index in [4.69, 9.17) is 0 Å². The van der Waals surface area contributed by atoms with Crippen molar-refractivity contribution in [1.29, 1.82) is 0 Å². The van der Waals surface area contributed by atoms with Gasteiger partial charge in [0.1, 0.15) is 5.54 Å². The van der Waals surface area contributed by atoms with Gasteiger partial charge in [0.25, 0.3) is 5.91 Å². The van der Waals surface area contributed by atoms with Crippen LogP contribution in [0.3, 0.4) is 0 Å². The van der Waals surface area contributed by atoms with Gasteiger partial charge in [-0.2, -0.15) is 5.01 Å². The number of benzene rings is 1. The molecule has 1 heterocycles. The van der Waals surface area contributed by atoms with Crippen LogP contribution in [0.2, 0.25) is 0 Å². The number of nitrogens with zero attached hydrogens (tertiary/aromatic N) is 1. The van der Waals surface area contributed by atoms with Gasteiger partial charge in [0.2, 0.25) is 0 Å². The summed E-state index contributed by atoms with van der Waals surface area (Å²) in [5.74, 6) is -0.375. The number of para-hydroxylation sites is 1. The molecular weight excluding hydrogens is 284 g/mol. The molecule has 1 spiro atoms. The van der Waals surface area contributed by atoms with E-state index in [1.54, 1.807) is 24.3 Å². The lowest BCUT2D eigenvalue weighted by molar-refractivity contribution is -0.133. The van der Waals surface area contributed by atoms with E-state index in [0.717, 1.165) is 24.3 Å². The van der Waals surface area contributed by atoms with Gasteiger partial charge in [-0.05, 0) is 25.0 Å². The molecule has 5 amide bonds. The van der Waals surface area contributed by atoms with E-state index in [1.807, 2.05) is 6.07 Å². The molecule has 1 saturated carbocycles. The normalized spacial score (nSPS) is 19.9. The third kappa shape index (κ3) is 2.61. The molecule has 0 radical (unpaired) electrons. The molecule has 1 aliphatic carbocycles. The number of amides is 5. The van der Waals surface area contributed by atoms with Crippen LogP contribution >= 0.6 is 0 Å². The van der Waals surface area contributed by atoms with Crippen molar-refractivity contribution in [2.75, 3.05) is 5.32 Å². The molecule has 3 rings (SSSR count). The van der Waals surface area contributed by atoms with Crippen LogP contribution in [0.25, 0.3) is 0 Å². The van der Waals surface area contributed by atoms with E-state index >= 15 is 0 Å². The summed E-state index contributed by atoms with van der Waals surface area (Å²) in [6.07, 6.45) is 4.10. The summed E-state index contributed by atoms with van der Waals surface area (Å²) in [5.41, 5.74) is 2.07. The smallest absolute Gasteiger partial charge is 0.322 e. The molecule has 1 aromatic rings. The highest BCUT2D eigenvalue weighted by Crippen LogP contribution is 2.32. The lowest BCUT2D eigenvalue weighted by Gasteiger charge is -2.30. The first kappa shape index (κ1) is 14.4. The zero-order valence-electron chi connectivity index (χ0n) is 12.1. The van der Waals surface area contributed by atoms with Gasteiger partial charge < -0.3 is 10.6 Å². The third-order valence-corrected chi connectivity index (χ3v) is 4.11. The second-order valence-corrected chi connectivity index (χ2v) is 5.65. The Morgan fingerprint density at radius 2 is 1.77 bits per heavy atom. The number of hydrogen-bond donors (Lipinski definition) is 3. The molecule has 2 aliphatic rings. The fourth-order valence-corrected chi connectivity index (χ4v) is 3.00. The molecule has 2 fully saturated rings. The van der Waals surface area contributed by atoms with Crippen molar-refractivity contribution in [3.63, 3.8) is 0 Å². The van der Waals surface area contributed by atoms with E-state index in [2.05, 4.69) is 16.1 Å². The van der Waals surface area contributed by atoms with Gasteiger partial charge in [0.05, 0.1) is 0 Å². The highest BCUT2D eigenvalue weighted by molar-refractivity contribution is 6.08. The Bertz CT molecular complexity index is 596. The molecule has 0 aromatic heterocycles. The summed E-state index contributed by atoms with van der Waals surface area (Å²) in [6.45, 7) is 0. The van der Waals surface area contributed by atoms with Crippen LogP contribution in [0.4, 0.5) is 15.3 Å². The summed E-state index contributed by atoms with van der Waals surface area (Å²) in [4.78, 5) is 36.4. The average molecular weight is 302 g/mol.